The maximum atomic E-state index is 11.1. The van der Waals surface area contributed by atoms with Gasteiger partial charge in [0.1, 0.15) is 0 Å². The molecule has 3 heteroatoms. The second kappa shape index (κ2) is 4.66. The van der Waals surface area contributed by atoms with Crippen molar-refractivity contribution in [2.75, 3.05) is 0 Å². The molecule has 0 N–H and O–H groups in total. The van der Waals surface area contributed by atoms with Crippen molar-refractivity contribution in [3.63, 3.8) is 0 Å². The fraction of sp³-hybridized carbons (Fsp3) is 0.154. The van der Waals surface area contributed by atoms with Gasteiger partial charge in [0.2, 0.25) is 0 Å². The van der Waals surface area contributed by atoms with Gasteiger partial charge in [-0.25, -0.2) is 0 Å². The maximum absolute atomic E-state index is 11.1. The smallest absolute Gasteiger partial charge is 0.0764 e. The third-order valence-corrected chi connectivity index (χ3v) is 2.53. The largest absolute Gasteiger partial charge is 0.548 e. The second-order valence-corrected chi connectivity index (χ2v) is 3.65. The molecule has 0 bridgehead atoms. The van der Waals surface area contributed by atoms with E-state index in [9.17, 15) is 9.90 Å². The summed E-state index contributed by atoms with van der Waals surface area (Å²) in [6.45, 7) is 0. The lowest BCUT2D eigenvalue weighted by Crippen LogP contribution is -2.34. The van der Waals surface area contributed by atoms with Crippen LogP contribution in [0, 0.1) is 0 Å². The van der Waals surface area contributed by atoms with Crippen molar-refractivity contribution < 1.29 is 9.90 Å². The topological polar surface area (TPSA) is 45.1 Å². The third kappa shape index (κ3) is 2.31. The summed E-state index contributed by atoms with van der Waals surface area (Å²) in [7, 11) is 0. The zero-order valence-electron chi connectivity index (χ0n) is 8.74. The Morgan fingerprint density at radius 3 is 2.31 bits per heavy atom. The maximum Gasteiger partial charge on any atom is 0.0764 e. The SMILES string of the molecule is O=C([O-])[C@H](Cc1ccccc1)n1cccc1. The van der Waals surface area contributed by atoms with Gasteiger partial charge in [0.05, 0.1) is 12.0 Å². The van der Waals surface area contributed by atoms with Gasteiger partial charge in [0.25, 0.3) is 0 Å². The van der Waals surface area contributed by atoms with Gasteiger partial charge in [-0.2, -0.15) is 0 Å². The molecule has 0 saturated heterocycles. The highest BCUT2D eigenvalue weighted by atomic mass is 16.4. The average molecular weight is 214 g/mol. The molecule has 0 aliphatic heterocycles. The molecule has 0 fully saturated rings. The van der Waals surface area contributed by atoms with Gasteiger partial charge in [-0.05, 0) is 24.1 Å². The first-order valence-electron chi connectivity index (χ1n) is 5.14. The number of aliphatic carboxylic acids is 1. The van der Waals surface area contributed by atoms with Gasteiger partial charge in [0, 0.05) is 12.4 Å². The third-order valence-electron chi connectivity index (χ3n) is 2.53. The molecule has 82 valence electrons. The molecule has 0 spiro atoms. The summed E-state index contributed by atoms with van der Waals surface area (Å²) in [5.41, 5.74) is 0.991. The summed E-state index contributed by atoms with van der Waals surface area (Å²) >= 11 is 0. The number of carboxylic acid groups (broad SMARTS) is 1. The molecule has 0 aliphatic rings. The Kier molecular flexibility index (Phi) is 3.05. The molecule has 1 aromatic carbocycles. The molecule has 1 atom stereocenters. The van der Waals surface area contributed by atoms with E-state index in [0.29, 0.717) is 6.42 Å². The summed E-state index contributed by atoms with van der Waals surface area (Å²) < 4.78 is 1.66. The number of hydrogen-bond acceptors (Lipinski definition) is 2. The summed E-state index contributed by atoms with van der Waals surface area (Å²) in [6.07, 6.45) is 3.92. The Labute approximate surface area is 94.0 Å². The van der Waals surface area contributed by atoms with Crippen molar-refractivity contribution in [3.05, 3.63) is 60.4 Å². The molecular weight excluding hydrogens is 202 g/mol. The van der Waals surface area contributed by atoms with Gasteiger partial charge >= 0.3 is 0 Å². The standard InChI is InChI=1S/C13H13NO2/c15-13(16)12(14-8-4-5-9-14)10-11-6-2-1-3-7-11/h1-9,12H,10H2,(H,15,16)/p-1/t12-/m0/s1. The Morgan fingerprint density at radius 2 is 1.75 bits per heavy atom. The number of carbonyl (C=O) groups excluding carboxylic acids is 1. The van der Waals surface area contributed by atoms with Crippen LogP contribution < -0.4 is 5.11 Å². The van der Waals surface area contributed by atoms with E-state index in [2.05, 4.69) is 0 Å². The molecule has 2 aromatic rings. The summed E-state index contributed by atoms with van der Waals surface area (Å²) in [5.74, 6) is -1.06. The predicted octanol–water partition coefficient (Wildman–Crippen LogP) is 1.02. The zero-order valence-corrected chi connectivity index (χ0v) is 8.74. The van der Waals surface area contributed by atoms with Crippen LogP contribution in [-0.2, 0) is 11.2 Å². The quantitative estimate of drug-likeness (QED) is 0.762. The van der Waals surface area contributed by atoms with Gasteiger partial charge in [-0.15, -0.1) is 0 Å². The van der Waals surface area contributed by atoms with Crippen molar-refractivity contribution in [2.24, 2.45) is 0 Å². The molecule has 0 saturated carbocycles. The van der Waals surface area contributed by atoms with Gasteiger partial charge in [-0.3, -0.25) is 0 Å². The number of aromatic nitrogens is 1. The minimum atomic E-state index is -1.06. The van der Waals surface area contributed by atoms with Crippen LogP contribution >= 0.6 is 0 Å². The highest BCUT2D eigenvalue weighted by molar-refractivity contribution is 5.70. The molecule has 16 heavy (non-hydrogen) atoms. The van der Waals surface area contributed by atoms with Crippen LogP contribution in [0.15, 0.2) is 54.9 Å². The lowest BCUT2D eigenvalue weighted by molar-refractivity contribution is -0.310. The fourth-order valence-electron chi connectivity index (χ4n) is 1.70. The Morgan fingerprint density at radius 1 is 1.12 bits per heavy atom. The molecule has 1 aromatic heterocycles. The Balaban J connectivity index is 2.19. The normalized spacial score (nSPS) is 12.2. The first-order valence-corrected chi connectivity index (χ1v) is 5.14. The molecular formula is C13H12NO2-. The second-order valence-electron chi connectivity index (χ2n) is 3.65. The Bertz CT molecular complexity index is 448. The monoisotopic (exact) mass is 214 g/mol. The highest BCUT2D eigenvalue weighted by Crippen LogP contribution is 2.13. The number of benzene rings is 1. The van der Waals surface area contributed by atoms with E-state index in [1.54, 1.807) is 29.1 Å². The van der Waals surface area contributed by atoms with Crippen LogP contribution in [0.4, 0.5) is 0 Å². The van der Waals surface area contributed by atoms with Crippen molar-refractivity contribution in [2.45, 2.75) is 12.5 Å². The molecule has 3 nitrogen and oxygen atoms in total. The van der Waals surface area contributed by atoms with E-state index >= 15 is 0 Å². The fourth-order valence-corrected chi connectivity index (χ4v) is 1.70. The predicted molar refractivity (Wildman–Crippen MR) is 58.6 cm³/mol. The van der Waals surface area contributed by atoms with Crippen LogP contribution in [-0.4, -0.2) is 10.5 Å². The van der Waals surface area contributed by atoms with Crippen LogP contribution in [0.2, 0.25) is 0 Å². The first-order chi connectivity index (χ1) is 7.77. The van der Waals surface area contributed by atoms with Crippen LogP contribution in [0.25, 0.3) is 0 Å². The number of carboxylic acids is 1. The molecule has 1 heterocycles. The van der Waals surface area contributed by atoms with Crippen LogP contribution in [0.5, 0.6) is 0 Å². The van der Waals surface area contributed by atoms with Crippen molar-refractivity contribution in [1.29, 1.82) is 0 Å². The number of hydrogen-bond donors (Lipinski definition) is 0. The van der Waals surface area contributed by atoms with Gasteiger partial charge in [-0.1, -0.05) is 30.3 Å². The molecule has 0 aliphatic carbocycles. The zero-order chi connectivity index (χ0) is 11.4. The molecule has 2 rings (SSSR count). The van der Waals surface area contributed by atoms with E-state index in [4.69, 9.17) is 0 Å². The Hall–Kier alpha value is -2.03. The highest BCUT2D eigenvalue weighted by Gasteiger charge is 2.11. The van der Waals surface area contributed by atoms with E-state index in [1.165, 1.54) is 0 Å². The number of rotatable bonds is 4. The lowest BCUT2D eigenvalue weighted by atomic mass is 10.1. The lowest BCUT2D eigenvalue weighted by Gasteiger charge is -2.20. The summed E-state index contributed by atoms with van der Waals surface area (Å²) in [6, 6.07) is 12.5. The van der Waals surface area contributed by atoms with Crippen LogP contribution in [0.3, 0.4) is 0 Å². The van der Waals surface area contributed by atoms with E-state index in [0.717, 1.165) is 5.56 Å². The molecule has 0 unspecified atom stereocenters. The average Bonchev–Trinajstić information content (AvgIpc) is 2.80. The molecule has 0 amide bonds. The minimum Gasteiger partial charge on any atom is -0.548 e. The van der Waals surface area contributed by atoms with E-state index in [-0.39, 0.29) is 0 Å². The number of carbonyl (C=O) groups is 1. The van der Waals surface area contributed by atoms with E-state index < -0.39 is 12.0 Å². The summed E-state index contributed by atoms with van der Waals surface area (Å²) in [5, 5.41) is 11.1. The first kappa shape index (κ1) is 10.5. The van der Waals surface area contributed by atoms with Crippen LogP contribution in [0.1, 0.15) is 11.6 Å². The number of nitrogens with zero attached hydrogens (tertiary/aromatic N) is 1. The summed E-state index contributed by atoms with van der Waals surface area (Å²) in [4.78, 5) is 11.1. The van der Waals surface area contributed by atoms with Crippen molar-refractivity contribution in [3.8, 4) is 0 Å². The van der Waals surface area contributed by atoms with Gasteiger partial charge in [0.15, 0.2) is 0 Å². The minimum absolute atomic E-state index is 0.442. The van der Waals surface area contributed by atoms with E-state index in [1.807, 2.05) is 30.3 Å². The molecule has 0 radical (unpaired) electrons. The van der Waals surface area contributed by atoms with Crippen molar-refractivity contribution in [1.82, 2.24) is 4.57 Å². The van der Waals surface area contributed by atoms with Gasteiger partial charge < -0.3 is 14.5 Å². The van der Waals surface area contributed by atoms with Crippen molar-refractivity contribution >= 4 is 5.97 Å².